The molecule has 3 rings (SSSR count). The number of amides is 1. The summed E-state index contributed by atoms with van der Waals surface area (Å²) in [6, 6.07) is 7.65. The van der Waals surface area contributed by atoms with Gasteiger partial charge in [-0.1, -0.05) is 17.7 Å². The molecule has 0 radical (unpaired) electrons. The molecule has 0 bridgehead atoms. The minimum absolute atomic E-state index is 0.160. The van der Waals surface area contributed by atoms with Crippen LogP contribution in [0.25, 0.3) is 0 Å². The number of nitrogens with one attached hydrogen (secondary N) is 1. The zero-order valence-electron chi connectivity index (χ0n) is 12.0. The Balaban J connectivity index is 1.86. The number of nitrogens with zero attached hydrogens (tertiary/aromatic N) is 4. The summed E-state index contributed by atoms with van der Waals surface area (Å²) >= 11 is 5.82. The largest absolute Gasteiger partial charge is 0.318 e. The first-order valence-corrected chi connectivity index (χ1v) is 8.43. The summed E-state index contributed by atoms with van der Waals surface area (Å²) in [5, 5.41) is 6.12. The van der Waals surface area contributed by atoms with Crippen LogP contribution in [0.1, 0.15) is 10.5 Å². The molecule has 122 valence electrons. The quantitative estimate of drug-likeness (QED) is 0.708. The Morgan fingerprint density at radius 3 is 2.62 bits per heavy atom. The van der Waals surface area contributed by atoms with Crippen molar-refractivity contribution in [1.29, 1.82) is 0 Å². The Labute approximate surface area is 142 Å². The van der Waals surface area contributed by atoms with E-state index in [1.165, 1.54) is 43.0 Å². The first-order valence-electron chi connectivity index (χ1n) is 6.61. The standard InChI is InChI=1S/C14H10ClN5O3S/c15-13-12(5-3-7-17-13)24(22,23)20-9-10(8-18-20)19-14(21)11-4-1-2-6-16-11/h1-9H,(H,19,21). The van der Waals surface area contributed by atoms with Gasteiger partial charge in [0.15, 0.2) is 0 Å². The molecule has 24 heavy (non-hydrogen) atoms. The van der Waals surface area contributed by atoms with E-state index < -0.39 is 15.9 Å². The minimum Gasteiger partial charge on any atom is -0.318 e. The van der Waals surface area contributed by atoms with Crippen molar-refractivity contribution in [2.45, 2.75) is 4.90 Å². The predicted molar refractivity (Wildman–Crippen MR) is 86.2 cm³/mol. The Hall–Kier alpha value is -2.78. The van der Waals surface area contributed by atoms with Gasteiger partial charge in [0.05, 0.1) is 18.1 Å². The van der Waals surface area contributed by atoms with E-state index >= 15 is 0 Å². The molecule has 3 aromatic rings. The third-order valence-electron chi connectivity index (χ3n) is 2.96. The molecule has 0 unspecified atom stereocenters. The van der Waals surface area contributed by atoms with Crippen molar-refractivity contribution in [3.05, 3.63) is 66.0 Å². The summed E-state index contributed by atoms with van der Waals surface area (Å²) in [5.41, 5.74) is 0.401. The van der Waals surface area contributed by atoms with E-state index in [0.717, 1.165) is 0 Å². The van der Waals surface area contributed by atoms with Gasteiger partial charge in [-0.25, -0.2) is 4.98 Å². The van der Waals surface area contributed by atoms with Gasteiger partial charge < -0.3 is 5.32 Å². The van der Waals surface area contributed by atoms with Crippen LogP contribution in [0, 0.1) is 0 Å². The monoisotopic (exact) mass is 363 g/mol. The van der Waals surface area contributed by atoms with Crippen molar-refractivity contribution in [1.82, 2.24) is 19.2 Å². The molecule has 0 aromatic carbocycles. The Morgan fingerprint density at radius 1 is 1.12 bits per heavy atom. The van der Waals surface area contributed by atoms with Crippen molar-refractivity contribution in [2.24, 2.45) is 0 Å². The van der Waals surface area contributed by atoms with E-state index in [2.05, 4.69) is 20.4 Å². The van der Waals surface area contributed by atoms with Crippen LogP contribution < -0.4 is 5.32 Å². The van der Waals surface area contributed by atoms with Crippen LogP contribution >= 0.6 is 11.6 Å². The zero-order chi connectivity index (χ0) is 17.2. The summed E-state index contributed by atoms with van der Waals surface area (Å²) in [6.45, 7) is 0. The van der Waals surface area contributed by atoms with Crippen LogP contribution in [-0.2, 0) is 10.0 Å². The highest BCUT2D eigenvalue weighted by molar-refractivity contribution is 7.90. The molecule has 0 aliphatic carbocycles. The van der Waals surface area contributed by atoms with Crippen molar-refractivity contribution in [2.75, 3.05) is 5.32 Å². The summed E-state index contributed by atoms with van der Waals surface area (Å²) in [7, 11) is -4.01. The summed E-state index contributed by atoms with van der Waals surface area (Å²) in [5.74, 6) is -0.480. The van der Waals surface area contributed by atoms with Crippen molar-refractivity contribution in [3.8, 4) is 0 Å². The average Bonchev–Trinajstić information content (AvgIpc) is 3.05. The highest BCUT2D eigenvalue weighted by atomic mass is 35.5. The molecule has 0 fully saturated rings. The van der Waals surface area contributed by atoms with E-state index in [9.17, 15) is 13.2 Å². The first kappa shape index (κ1) is 16.1. The van der Waals surface area contributed by atoms with Crippen molar-refractivity contribution < 1.29 is 13.2 Å². The SMILES string of the molecule is O=C(Nc1cnn(S(=O)(=O)c2cccnc2Cl)c1)c1ccccn1. The summed E-state index contributed by atoms with van der Waals surface area (Å²) in [6.07, 6.45) is 5.23. The number of halogens is 1. The smallest absolute Gasteiger partial charge is 0.286 e. The lowest BCUT2D eigenvalue weighted by molar-refractivity contribution is 0.102. The Kier molecular flexibility index (Phi) is 4.28. The van der Waals surface area contributed by atoms with E-state index in [-0.39, 0.29) is 21.4 Å². The molecular weight excluding hydrogens is 354 g/mol. The predicted octanol–water partition coefficient (Wildman–Crippen LogP) is 1.82. The van der Waals surface area contributed by atoms with Crippen molar-refractivity contribution >= 4 is 33.2 Å². The lowest BCUT2D eigenvalue weighted by atomic mass is 10.3. The van der Waals surface area contributed by atoms with Crippen LogP contribution in [-0.4, -0.2) is 33.5 Å². The van der Waals surface area contributed by atoms with Gasteiger partial charge in [-0.05, 0) is 24.3 Å². The molecule has 1 amide bonds. The second kappa shape index (κ2) is 6.38. The molecule has 1 N–H and O–H groups in total. The number of carbonyl (C=O) groups is 1. The molecular formula is C14H10ClN5O3S. The van der Waals surface area contributed by atoms with E-state index in [1.54, 1.807) is 12.1 Å². The summed E-state index contributed by atoms with van der Waals surface area (Å²) < 4.78 is 25.7. The van der Waals surface area contributed by atoms with Gasteiger partial charge in [0, 0.05) is 12.4 Å². The normalized spacial score (nSPS) is 11.2. The van der Waals surface area contributed by atoms with Gasteiger partial charge in [0.1, 0.15) is 15.7 Å². The fraction of sp³-hybridized carbons (Fsp3) is 0. The van der Waals surface area contributed by atoms with Gasteiger partial charge in [0.2, 0.25) is 0 Å². The maximum absolute atomic E-state index is 12.5. The Morgan fingerprint density at radius 2 is 1.92 bits per heavy atom. The molecule has 10 heteroatoms. The second-order valence-electron chi connectivity index (χ2n) is 4.57. The number of aromatic nitrogens is 4. The number of carbonyl (C=O) groups excluding carboxylic acids is 1. The number of hydrogen-bond acceptors (Lipinski definition) is 6. The number of hydrogen-bond donors (Lipinski definition) is 1. The zero-order valence-corrected chi connectivity index (χ0v) is 13.6. The fourth-order valence-electron chi connectivity index (χ4n) is 1.86. The second-order valence-corrected chi connectivity index (χ2v) is 6.69. The third-order valence-corrected chi connectivity index (χ3v) is 4.96. The number of pyridine rings is 2. The fourth-order valence-corrected chi connectivity index (χ4v) is 3.41. The van der Waals surface area contributed by atoms with Crippen molar-refractivity contribution in [3.63, 3.8) is 0 Å². The van der Waals surface area contributed by atoms with Crippen LogP contribution in [0.4, 0.5) is 5.69 Å². The number of rotatable bonds is 4. The summed E-state index contributed by atoms with van der Waals surface area (Å²) in [4.78, 5) is 19.5. The third kappa shape index (κ3) is 3.12. The van der Waals surface area contributed by atoms with Gasteiger partial charge >= 0.3 is 0 Å². The molecule has 0 aliphatic heterocycles. The van der Waals surface area contributed by atoms with Gasteiger partial charge in [-0.2, -0.15) is 17.6 Å². The molecule has 0 saturated carbocycles. The van der Waals surface area contributed by atoms with Crippen LogP contribution in [0.2, 0.25) is 5.15 Å². The van der Waals surface area contributed by atoms with E-state index in [0.29, 0.717) is 4.09 Å². The van der Waals surface area contributed by atoms with Crippen LogP contribution in [0.15, 0.2) is 60.0 Å². The highest BCUT2D eigenvalue weighted by Crippen LogP contribution is 2.21. The highest BCUT2D eigenvalue weighted by Gasteiger charge is 2.22. The molecule has 3 aromatic heterocycles. The lowest BCUT2D eigenvalue weighted by Gasteiger charge is -2.05. The first-order chi connectivity index (χ1) is 11.5. The van der Waals surface area contributed by atoms with Gasteiger partial charge in [-0.15, -0.1) is 0 Å². The maximum atomic E-state index is 12.5. The maximum Gasteiger partial charge on any atom is 0.286 e. The van der Waals surface area contributed by atoms with E-state index in [4.69, 9.17) is 11.6 Å². The molecule has 0 spiro atoms. The van der Waals surface area contributed by atoms with Gasteiger partial charge in [0.25, 0.3) is 15.9 Å². The average molecular weight is 364 g/mol. The molecule has 0 atom stereocenters. The molecule has 3 heterocycles. The van der Waals surface area contributed by atoms with Crippen LogP contribution in [0.5, 0.6) is 0 Å². The molecule has 0 aliphatic rings. The van der Waals surface area contributed by atoms with Gasteiger partial charge in [-0.3, -0.25) is 9.78 Å². The Bertz CT molecular complexity index is 988. The van der Waals surface area contributed by atoms with Crippen LogP contribution in [0.3, 0.4) is 0 Å². The number of anilines is 1. The molecule has 8 nitrogen and oxygen atoms in total. The topological polar surface area (TPSA) is 107 Å². The lowest BCUT2D eigenvalue weighted by Crippen LogP contribution is -2.15. The van der Waals surface area contributed by atoms with E-state index in [1.807, 2.05) is 0 Å². The minimum atomic E-state index is -4.01. The molecule has 0 saturated heterocycles.